The van der Waals surface area contributed by atoms with Gasteiger partial charge in [0.2, 0.25) is 0 Å². The van der Waals surface area contributed by atoms with Gasteiger partial charge in [0.25, 0.3) is 0 Å². The van der Waals surface area contributed by atoms with Crippen LogP contribution in [0.25, 0.3) is 0 Å². The van der Waals surface area contributed by atoms with Crippen molar-refractivity contribution in [2.75, 3.05) is 0 Å². The fraction of sp³-hybridized carbons (Fsp3) is 0.333. The van der Waals surface area contributed by atoms with Crippen molar-refractivity contribution in [2.24, 2.45) is 5.73 Å². The molecule has 0 spiro atoms. The second kappa shape index (κ2) is 6.54. The Labute approximate surface area is 129 Å². The third-order valence-electron chi connectivity index (χ3n) is 3.47. The number of hydrogen-bond donors (Lipinski definition) is 1. The van der Waals surface area contributed by atoms with Crippen LogP contribution in [0.2, 0.25) is 0 Å². The molecule has 2 aromatic rings. The minimum Gasteiger partial charge on any atom is -0.323 e. The highest BCUT2D eigenvalue weighted by Gasteiger charge is 2.34. The molecule has 0 aliphatic heterocycles. The molecule has 2 aromatic carbocycles. The summed E-state index contributed by atoms with van der Waals surface area (Å²) < 4.78 is 12.7. The topological polar surface area (TPSA) is 43.1 Å². The molecule has 2 N–H and O–H groups in total. The molecule has 0 radical (unpaired) electrons. The lowest BCUT2D eigenvalue weighted by Crippen LogP contribution is -2.33. The molecular weight excluding hydrogens is 278 g/mol. The molecule has 0 saturated carbocycles. The van der Waals surface area contributed by atoms with Gasteiger partial charge in [-0.05, 0) is 31.9 Å². The van der Waals surface area contributed by atoms with Crippen LogP contribution in [0.1, 0.15) is 43.2 Å². The summed E-state index contributed by atoms with van der Waals surface area (Å²) >= 11 is 0. The largest absolute Gasteiger partial charge is 0.323 e. The maximum atomic E-state index is 13.0. The molecule has 3 heteroatoms. The van der Waals surface area contributed by atoms with Gasteiger partial charge in [-0.3, -0.25) is 4.21 Å². The van der Waals surface area contributed by atoms with Gasteiger partial charge in [-0.2, -0.15) is 0 Å². The first-order valence-electron chi connectivity index (χ1n) is 7.17. The number of benzene rings is 2. The zero-order chi connectivity index (χ0) is 15.5. The van der Waals surface area contributed by atoms with E-state index in [1.54, 1.807) is 0 Å². The summed E-state index contributed by atoms with van der Waals surface area (Å²) in [5, 5.41) is -0.214. The van der Waals surface area contributed by atoms with E-state index in [4.69, 9.17) is 5.73 Å². The van der Waals surface area contributed by atoms with Crippen LogP contribution in [0.15, 0.2) is 60.7 Å². The molecule has 112 valence electrons. The van der Waals surface area contributed by atoms with Gasteiger partial charge in [0.05, 0.1) is 5.25 Å². The number of rotatable bonds is 4. The molecule has 0 saturated heterocycles. The van der Waals surface area contributed by atoms with E-state index in [-0.39, 0.29) is 16.0 Å². The van der Waals surface area contributed by atoms with Gasteiger partial charge < -0.3 is 5.73 Å². The molecule has 0 aromatic heterocycles. The summed E-state index contributed by atoms with van der Waals surface area (Å²) in [4.78, 5) is 0. The molecule has 0 bridgehead atoms. The van der Waals surface area contributed by atoms with Crippen molar-refractivity contribution in [3.05, 3.63) is 71.8 Å². The summed E-state index contributed by atoms with van der Waals surface area (Å²) in [6.07, 6.45) is 0. The Balaban J connectivity index is 2.44. The third-order valence-corrected chi connectivity index (χ3v) is 5.71. The molecular formula is C18H23NOS. The van der Waals surface area contributed by atoms with E-state index in [2.05, 4.69) is 0 Å². The van der Waals surface area contributed by atoms with Gasteiger partial charge in [-0.15, -0.1) is 0 Å². The fourth-order valence-corrected chi connectivity index (χ4v) is 3.93. The highest BCUT2D eigenvalue weighted by Crippen LogP contribution is 2.36. The van der Waals surface area contributed by atoms with Crippen molar-refractivity contribution in [3.8, 4) is 0 Å². The van der Waals surface area contributed by atoms with Gasteiger partial charge in [0.15, 0.2) is 0 Å². The van der Waals surface area contributed by atoms with E-state index in [9.17, 15) is 4.21 Å². The first-order chi connectivity index (χ1) is 9.91. The highest BCUT2D eigenvalue weighted by molar-refractivity contribution is 7.86. The van der Waals surface area contributed by atoms with E-state index in [0.29, 0.717) is 0 Å². The number of hydrogen-bond acceptors (Lipinski definition) is 2. The molecule has 3 unspecified atom stereocenters. The van der Waals surface area contributed by atoms with E-state index < -0.39 is 10.8 Å². The van der Waals surface area contributed by atoms with Crippen LogP contribution in [0.3, 0.4) is 0 Å². The van der Waals surface area contributed by atoms with Crippen molar-refractivity contribution in [1.82, 2.24) is 0 Å². The minimum atomic E-state index is -1.08. The van der Waals surface area contributed by atoms with Crippen LogP contribution in [0.4, 0.5) is 0 Å². The zero-order valence-corrected chi connectivity index (χ0v) is 13.6. The van der Waals surface area contributed by atoms with Crippen LogP contribution in [0.5, 0.6) is 0 Å². The molecule has 3 atom stereocenters. The third kappa shape index (κ3) is 3.80. The average molecular weight is 301 g/mol. The SMILES string of the molecule is CC(C)(C)S(=O)C(c1ccccc1)C(N)c1ccccc1. The van der Waals surface area contributed by atoms with E-state index in [1.807, 2.05) is 81.4 Å². The van der Waals surface area contributed by atoms with Crippen LogP contribution < -0.4 is 5.73 Å². The average Bonchev–Trinajstić information content (AvgIpc) is 2.48. The van der Waals surface area contributed by atoms with Crippen molar-refractivity contribution >= 4 is 10.8 Å². The lowest BCUT2D eigenvalue weighted by Gasteiger charge is -2.30. The van der Waals surface area contributed by atoms with E-state index in [1.165, 1.54) is 0 Å². The summed E-state index contributed by atoms with van der Waals surface area (Å²) in [6.45, 7) is 5.99. The smallest absolute Gasteiger partial charge is 0.0795 e. The van der Waals surface area contributed by atoms with Crippen LogP contribution >= 0.6 is 0 Å². The van der Waals surface area contributed by atoms with Crippen LogP contribution in [0, 0.1) is 0 Å². The van der Waals surface area contributed by atoms with Gasteiger partial charge in [0.1, 0.15) is 0 Å². The Morgan fingerprint density at radius 3 is 1.71 bits per heavy atom. The Hall–Kier alpha value is -1.45. The molecule has 0 fully saturated rings. The maximum Gasteiger partial charge on any atom is 0.0795 e. The molecule has 0 aliphatic rings. The Morgan fingerprint density at radius 2 is 1.29 bits per heavy atom. The first-order valence-corrected chi connectivity index (χ1v) is 8.38. The predicted octanol–water partition coefficient (Wildman–Crippen LogP) is 3.97. The fourth-order valence-electron chi connectivity index (χ4n) is 2.34. The lowest BCUT2D eigenvalue weighted by molar-refractivity contribution is 0.606. The number of nitrogens with two attached hydrogens (primary N) is 1. The van der Waals surface area contributed by atoms with E-state index >= 15 is 0 Å². The molecule has 2 rings (SSSR count). The van der Waals surface area contributed by atoms with Gasteiger partial charge >= 0.3 is 0 Å². The van der Waals surface area contributed by atoms with Crippen molar-refractivity contribution in [1.29, 1.82) is 0 Å². The Bertz CT molecular complexity index is 590. The second-order valence-corrected chi connectivity index (χ2v) is 8.50. The van der Waals surface area contributed by atoms with E-state index in [0.717, 1.165) is 11.1 Å². The van der Waals surface area contributed by atoms with Gasteiger partial charge in [0, 0.05) is 21.6 Å². The van der Waals surface area contributed by atoms with Gasteiger partial charge in [-0.25, -0.2) is 0 Å². The lowest BCUT2D eigenvalue weighted by atomic mass is 9.99. The second-order valence-electron chi connectivity index (χ2n) is 6.18. The quantitative estimate of drug-likeness (QED) is 0.928. The summed E-state index contributed by atoms with van der Waals surface area (Å²) in [5.41, 5.74) is 8.52. The van der Waals surface area contributed by atoms with Crippen molar-refractivity contribution < 1.29 is 4.21 Å². The Kier molecular flexibility index (Phi) is 4.96. The predicted molar refractivity (Wildman–Crippen MR) is 90.4 cm³/mol. The monoisotopic (exact) mass is 301 g/mol. The molecule has 21 heavy (non-hydrogen) atoms. The maximum absolute atomic E-state index is 13.0. The molecule has 0 amide bonds. The zero-order valence-electron chi connectivity index (χ0n) is 12.8. The molecule has 0 aliphatic carbocycles. The van der Waals surface area contributed by atoms with Crippen molar-refractivity contribution in [2.45, 2.75) is 36.8 Å². The van der Waals surface area contributed by atoms with Crippen molar-refractivity contribution in [3.63, 3.8) is 0 Å². The summed E-state index contributed by atoms with van der Waals surface area (Å²) in [5.74, 6) is 0. The Morgan fingerprint density at radius 1 is 0.857 bits per heavy atom. The van der Waals surface area contributed by atoms with Gasteiger partial charge in [-0.1, -0.05) is 60.7 Å². The highest BCUT2D eigenvalue weighted by atomic mass is 32.2. The molecule has 0 heterocycles. The summed E-state index contributed by atoms with van der Waals surface area (Å²) in [7, 11) is -1.08. The van der Waals surface area contributed by atoms with Crippen LogP contribution in [-0.4, -0.2) is 8.96 Å². The normalized spacial score (nSPS) is 16.2. The summed E-state index contributed by atoms with van der Waals surface area (Å²) in [6, 6.07) is 19.6. The minimum absolute atomic E-state index is 0.214. The molecule has 2 nitrogen and oxygen atoms in total. The standard InChI is InChI=1S/C18H23NOS/c1-18(2,3)21(20)17(15-12-8-5-9-13-15)16(19)14-10-6-4-7-11-14/h4-13,16-17H,19H2,1-3H3. The van der Waals surface area contributed by atoms with Crippen LogP contribution in [-0.2, 0) is 10.8 Å². The first kappa shape index (κ1) is 15.9.